The summed E-state index contributed by atoms with van der Waals surface area (Å²) in [6.45, 7) is 2.85. The third-order valence-electron chi connectivity index (χ3n) is 3.76. The Labute approximate surface area is 125 Å². The number of aliphatic carboxylic acids is 1. The number of ketones is 1. The predicted molar refractivity (Wildman–Crippen MR) is 81.5 cm³/mol. The average Bonchev–Trinajstić information content (AvgIpc) is 2.46. The molecule has 5 nitrogen and oxygen atoms in total. The minimum absolute atomic E-state index is 0.157. The largest absolute Gasteiger partial charge is 0.481 e. The van der Waals surface area contributed by atoms with E-state index < -0.39 is 5.97 Å². The summed E-state index contributed by atoms with van der Waals surface area (Å²) in [7, 11) is 1.93. The molecule has 2 rings (SSSR count). The Hall–Kier alpha value is -1.88. The van der Waals surface area contributed by atoms with Gasteiger partial charge in [0.15, 0.2) is 0 Å². The summed E-state index contributed by atoms with van der Waals surface area (Å²) in [5, 5.41) is 8.70. The van der Waals surface area contributed by atoms with E-state index in [4.69, 9.17) is 5.11 Å². The molecule has 0 radical (unpaired) electrons. The quantitative estimate of drug-likeness (QED) is 0.865. The van der Waals surface area contributed by atoms with Gasteiger partial charge < -0.3 is 14.9 Å². The lowest BCUT2D eigenvalue weighted by atomic mass is 10.1. The summed E-state index contributed by atoms with van der Waals surface area (Å²) < 4.78 is 0. The number of nitrogens with zero attached hydrogens (tertiary/aromatic N) is 2. The number of rotatable bonds is 6. The number of anilines is 1. The summed E-state index contributed by atoms with van der Waals surface area (Å²) in [5.41, 5.74) is 2.31. The number of benzene rings is 1. The van der Waals surface area contributed by atoms with Gasteiger partial charge in [-0.15, -0.1) is 0 Å². The van der Waals surface area contributed by atoms with Gasteiger partial charge in [-0.3, -0.25) is 9.59 Å². The Morgan fingerprint density at radius 2 is 2.05 bits per heavy atom. The average molecular weight is 290 g/mol. The second kappa shape index (κ2) is 7.22. The second-order valence-corrected chi connectivity index (χ2v) is 5.58. The minimum atomic E-state index is -0.770. The molecule has 0 spiro atoms. The van der Waals surface area contributed by atoms with Crippen LogP contribution in [-0.2, 0) is 16.1 Å². The maximum Gasteiger partial charge on any atom is 0.304 e. The first-order valence-corrected chi connectivity index (χ1v) is 7.30. The summed E-state index contributed by atoms with van der Waals surface area (Å²) >= 11 is 0. The highest BCUT2D eigenvalue weighted by molar-refractivity contribution is 5.81. The molecule has 0 unspecified atom stereocenters. The fourth-order valence-corrected chi connectivity index (χ4v) is 2.54. The van der Waals surface area contributed by atoms with Gasteiger partial charge in [0.25, 0.3) is 0 Å². The van der Waals surface area contributed by atoms with E-state index in [-0.39, 0.29) is 6.42 Å². The fraction of sp³-hybridized carbons (Fsp3) is 0.500. The Morgan fingerprint density at radius 3 is 2.71 bits per heavy atom. The van der Waals surface area contributed by atoms with Crippen molar-refractivity contribution in [3.8, 4) is 0 Å². The molecule has 0 aromatic heterocycles. The highest BCUT2D eigenvalue weighted by atomic mass is 16.4. The standard InChI is InChI=1S/C16H22N2O3/c1-17(8-7-16(20)21)12-13-3-2-4-14(11-13)18-9-5-15(19)6-10-18/h2-4,11H,5-10,12H2,1H3,(H,20,21). The van der Waals surface area contributed by atoms with Crippen LogP contribution in [0.3, 0.4) is 0 Å². The van der Waals surface area contributed by atoms with Gasteiger partial charge in [0.2, 0.25) is 0 Å². The molecular formula is C16H22N2O3. The number of piperidine rings is 1. The van der Waals surface area contributed by atoms with Crippen LogP contribution in [-0.4, -0.2) is 48.4 Å². The van der Waals surface area contributed by atoms with Crippen LogP contribution in [0.1, 0.15) is 24.8 Å². The molecule has 1 fully saturated rings. The van der Waals surface area contributed by atoms with Crippen molar-refractivity contribution in [2.45, 2.75) is 25.8 Å². The molecule has 0 saturated carbocycles. The van der Waals surface area contributed by atoms with Crippen molar-refractivity contribution in [3.05, 3.63) is 29.8 Å². The Morgan fingerprint density at radius 1 is 1.33 bits per heavy atom. The molecule has 1 aromatic carbocycles. The Bertz CT molecular complexity index is 506. The summed E-state index contributed by atoms with van der Waals surface area (Å²) in [6, 6.07) is 8.27. The van der Waals surface area contributed by atoms with Gasteiger partial charge >= 0.3 is 5.97 Å². The molecule has 114 valence electrons. The minimum Gasteiger partial charge on any atom is -0.481 e. The van der Waals surface area contributed by atoms with Crippen LogP contribution >= 0.6 is 0 Å². The van der Waals surface area contributed by atoms with Crippen LogP contribution in [0.4, 0.5) is 5.69 Å². The summed E-state index contributed by atoms with van der Waals surface area (Å²) in [6.07, 6.45) is 1.41. The maximum absolute atomic E-state index is 11.3. The summed E-state index contributed by atoms with van der Waals surface area (Å²) in [4.78, 5) is 26.1. The number of carboxylic acid groups (broad SMARTS) is 1. The van der Waals surface area contributed by atoms with Crippen LogP contribution in [0.2, 0.25) is 0 Å². The van der Waals surface area contributed by atoms with Crippen molar-refractivity contribution >= 4 is 17.4 Å². The first kappa shape index (κ1) is 15.5. The van der Waals surface area contributed by atoms with Crippen molar-refractivity contribution in [1.82, 2.24) is 4.90 Å². The Balaban J connectivity index is 1.94. The highest BCUT2D eigenvalue weighted by Gasteiger charge is 2.16. The van der Waals surface area contributed by atoms with Crippen LogP contribution in [0.25, 0.3) is 0 Å². The van der Waals surface area contributed by atoms with E-state index in [0.717, 1.165) is 30.9 Å². The molecule has 1 saturated heterocycles. The molecule has 0 amide bonds. The molecular weight excluding hydrogens is 268 g/mol. The number of carbonyl (C=O) groups excluding carboxylic acids is 1. The predicted octanol–water partition coefficient (Wildman–Crippen LogP) is 1.76. The lowest BCUT2D eigenvalue weighted by Crippen LogP contribution is -2.33. The van der Waals surface area contributed by atoms with E-state index in [2.05, 4.69) is 23.1 Å². The highest BCUT2D eigenvalue weighted by Crippen LogP contribution is 2.20. The van der Waals surface area contributed by atoms with Crippen LogP contribution < -0.4 is 4.90 Å². The zero-order valence-electron chi connectivity index (χ0n) is 12.4. The topological polar surface area (TPSA) is 60.9 Å². The van der Waals surface area contributed by atoms with Crippen molar-refractivity contribution in [3.63, 3.8) is 0 Å². The first-order valence-electron chi connectivity index (χ1n) is 7.30. The van der Waals surface area contributed by atoms with Gasteiger partial charge in [0.05, 0.1) is 6.42 Å². The Kier molecular flexibility index (Phi) is 5.33. The zero-order chi connectivity index (χ0) is 15.2. The van der Waals surface area contributed by atoms with Crippen LogP contribution in [0.5, 0.6) is 0 Å². The van der Waals surface area contributed by atoms with Gasteiger partial charge in [0.1, 0.15) is 5.78 Å². The normalized spacial score (nSPS) is 15.5. The molecule has 5 heteroatoms. The lowest BCUT2D eigenvalue weighted by Gasteiger charge is -2.28. The molecule has 1 aliphatic heterocycles. The van der Waals surface area contributed by atoms with Crippen molar-refractivity contribution in [2.24, 2.45) is 0 Å². The van der Waals surface area contributed by atoms with Crippen LogP contribution in [0, 0.1) is 0 Å². The van der Waals surface area contributed by atoms with E-state index in [9.17, 15) is 9.59 Å². The third-order valence-corrected chi connectivity index (χ3v) is 3.76. The SMILES string of the molecule is CN(CCC(=O)O)Cc1cccc(N2CCC(=O)CC2)c1. The van der Waals surface area contributed by atoms with E-state index >= 15 is 0 Å². The molecule has 1 aliphatic rings. The van der Waals surface area contributed by atoms with E-state index in [0.29, 0.717) is 25.2 Å². The number of carbonyl (C=O) groups is 2. The van der Waals surface area contributed by atoms with Gasteiger partial charge in [-0.2, -0.15) is 0 Å². The number of carboxylic acids is 1. The second-order valence-electron chi connectivity index (χ2n) is 5.58. The van der Waals surface area contributed by atoms with Gasteiger partial charge in [-0.25, -0.2) is 0 Å². The van der Waals surface area contributed by atoms with E-state index in [1.165, 1.54) is 0 Å². The number of Topliss-reactive ketones (excluding diaryl/α,β-unsaturated/α-hetero) is 1. The zero-order valence-corrected chi connectivity index (χ0v) is 12.4. The molecule has 0 aliphatic carbocycles. The third kappa shape index (κ3) is 4.86. The van der Waals surface area contributed by atoms with Crippen molar-refractivity contribution < 1.29 is 14.7 Å². The van der Waals surface area contributed by atoms with Gasteiger partial charge in [-0.05, 0) is 24.7 Å². The number of hydrogen-bond acceptors (Lipinski definition) is 4. The molecule has 1 heterocycles. The monoisotopic (exact) mass is 290 g/mol. The molecule has 0 bridgehead atoms. The molecule has 0 atom stereocenters. The molecule has 21 heavy (non-hydrogen) atoms. The van der Waals surface area contributed by atoms with E-state index in [1.807, 2.05) is 18.0 Å². The van der Waals surface area contributed by atoms with E-state index in [1.54, 1.807) is 0 Å². The van der Waals surface area contributed by atoms with Gasteiger partial charge in [0, 0.05) is 44.7 Å². The van der Waals surface area contributed by atoms with Gasteiger partial charge in [-0.1, -0.05) is 12.1 Å². The van der Waals surface area contributed by atoms with Crippen molar-refractivity contribution in [2.75, 3.05) is 31.6 Å². The molecule has 1 N–H and O–H groups in total. The summed E-state index contributed by atoms with van der Waals surface area (Å²) in [5.74, 6) is -0.426. The smallest absolute Gasteiger partial charge is 0.304 e. The van der Waals surface area contributed by atoms with Crippen molar-refractivity contribution in [1.29, 1.82) is 0 Å². The fourth-order valence-electron chi connectivity index (χ4n) is 2.54. The first-order chi connectivity index (χ1) is 10.0. The maximum atomic E-state index is 11.3. The van der Waals surface area contributed by atoms with Crippen LogP contribution in [0.15, 0.2) is 24.3 Å². The lowest BCUT2D eigenvalue weighted by molar-refractivity contribution is -0.137. The number of hydrogen-bond donors (Lipinski definition) is 1. The molecule has 1 aromatic rings.